The molecule has 0 spiro atoms. The smallest absolute Gasteiger partial charge is 0.320 e. The minimum absolute atomic E-state index is 0.315. The summed E-state index contributed by atoms with van der Waals surface area (Å²) < 4.78 is 0. The number of aromatic nitrogens is 1. The van der Waals surface area contributed by atoms with Gasteiger partial charge in [0.2, 0.25) is 0 Å². The van der Waals surface area contributed by atoms with Crippen molar-refractivity contribution < 1.29 is 9.90 Å². The number of carboxylic acids is 1. The zero-order valence-corrected chi connectivity index (χ0v) is 8.47. The number of hydrogen-bond acceptors (Lipinski definition) is 3. The summed E-state index contributed by atoms with van der Waals surface area (Å²) in [6, 6.07) is 3.54. The zero-order valence-electron chi connectivity index (χ0n) is 8.47. The second-order valence-electron chi connectivity index (χ2n) is 3.83. The standard InChI is InChI=1S/C11H14N2O2/c14-11(15)10-4-2-6-13(10)8-9-3-1-5-12-7-9/h1,3,5,7,10H,2,4,6,8H2,(H,14,15)/t10-/m1/s1. The molecule has 1 saturated heterocycles. The maximum Gasteiger partial charge on any atom is 0.320 e. The fourth-order valence-corrected chi connectivity index (χ4v) is 2.02. The van der Waals surface area contributed by atoms with Crippen LogP contribution in [0.3, 0.4) is 0 Å². The third kappa shape index (κ3) is 2.33. The van der Waals surface area contributed by atoms with Crippen LogP contribution in [0.4, 0.5) is 0 Å². The molecule has 0 amide bonds. The molecule has 1 atom stereocenters. The van der Waals surface area contributed by atoms with Gasteiger partial charge < -0.3 is 5.11 Å². The molecule has 80 valence electrons. The molecule has 1 fully saturated rings. The minimum Gasteiger partial charge on any atom is -0.480 e. The van der Waals surface area contributed by atoms with Crippen LogP contribution in [0.5, 0.6) is 0 Å². The maximum atomic E-state index is 10.9. The first-order valence-corrected chi connectivity index (χ1v) is 5.13. The lowest BCUT2D eigenvalue weighted by Crippen LogP contribution is -2.35. The molecular weight excluding hydrogens is 192 g/mol. The van der Waals surface area contributed by atoms with Crippen LogP contribution in [0, 0.1) is 0 Å². The topological polar surface area (TPSA) is 53.4 Å². The van der Waals surface area contributed by atoms with E-state index in [2.05, 4.69) is 4.98 Å². The van der Waals surface area contributed by atoms with E-state index in [-0.39, 0.29) is 6.04 Å². The van der Waals surface area contributed by atoms with Crippen molar-refractivity contribution in [1.29, 1.82) is 0 Å². The number of likely N-dealkylation sites (tertiary alicyclic amines) is 1. The predicted molar refractivity (Wildman–Crippen MR) is 55.3 cm³/mol. The van der Waals surface area contributed by atoms with Crippen LogP contribution < -0.4 is 0 Å². The first-order chi connectivity index (χ1) is 7.27. The van der Waals surface area contributed by atoms with E-state index < -0.39 is 5.97 Å². The molecule has 0 bridgehead atoms. The van der Waals surface area contributed by atoms with E-state index in [0.717, 1.165) is 24.9 Å². The van der Waals surface area contributed by atoms with Crippen LogP contribution in [0.2, 0.25) is 0 Å². The van der Waals surface area contributed by atoms with Crippen molar-refractivity contribution in [2.45, 2.75) is 25.4 Å². The van der Waals surface area contributed by atoms with E-state index in [9.17, 15) is 4.79 Å². The Labute approximate surface area is 88.6 Å². The molecule has 0 aromatic carbocycles. The van der Waals surface area contributed by atoms with Crippen LogP contribution in [-0.4, -0.2) is 33.5 Å². The van der Waals surface area contributed by atoms with E-state index in [1.807, 2.05) is 17.0 Å². The highest BCUT2D eigenvalue weighted by Crippen LogP contribution is 2.19. The lowest BCUT2D eigenvalue weighted by Gasteiger charge is -2.20. The van der Waals surface area contributed by atoms with Crippen LogP contribution in [0.25, 0.3) is 0 Å². The highest BCUT2D eigenvalue weighted by atomic mass is 16.4. The van der Waals surface area contributed by atoms with Crippen LogP contribution in [-0.2, 0) is 11.3 Å². The van der Waals surface area contributed by atoms with Gasteiger partial charge in [0.15, 0.2) is 0 Å². The zero-order chi connectivity index (χ0) is 10.7. The average Bonchev–Trinajstić information content (AvgIpc) is 2.67. The van der Waals surface area contributed by atoms with E-state index >= 15 is 0 Å². The molecule has 1 aromatic rings. The summed E-state index contributed by atoms with van der Waals surface area (Å²) in [5.74, 6) is -0.712. The highest BCUT2D eigenvalue weighted by Gasteiger charge is 2.30. The van der Waals surface area contributed by atoms with Gasteiger partial charge in [0.25, 0.3) is 0 Å². The van der Waals surface area contributed by atoms with Gasteiger partial charge in [-0.3, -0.25) is 14.7 Å². The van der Waals surface area contributed by atoms with E-state index in [1.165, 1.54) is 0 Å². The van der Waals surface area contributed by atoms with E-state index in [4.69, 9.17) is 5.11 Å². The van der Waals surface area contributed by atoms with Crippen molar-refractivity contribution in [3.63, 3.8) is 0 Å². The van der Waals surface area contributed by atoms with E-state index in [1.54, 1.807) is 12.4 Å². The molecule has 0 aliphatic carbocycles. The predicted octanol–water partition coefficient (Wildman–Crippen LogP) is 1.13. The summed E-state index contributed by atoms with van der Waals surface area (Å²) in [7, 11) is 0. The molecule has 1 aromatic heterocycles. The molecule has 15 heavy (non-hydrogen) atoms. The number of aliphatic carboxylic acids is 1. The van der Waals surface area contributed by atoms with Crippen molar-refractivity contribution in [3.8, 4) is 0 Å². The number of carboxylic acid groups (broad SMARTS) is 1. The molecule has 1 aliphatic heterocycles. The molecule has 0 radical (unpaired) electrons. The molecule has 0 unspecified atom stereocenters. The van der Waals surface area contributed by atoms with Gasteiger partial charge in [0.05, 0.1) is 0 Å². The second-order valence-corrected chi connectivity index (χ2v) is 3.83. The molecular formula is C11H14N2O2. The molecule has 1 aliphatic rings. The molecule has 2 rings (SSSR count). The van der Waals surface area contributed by atoms with E-state index in [0.29, 0.717) is 6.54 Å². The molecule has 4 heteroatoms. The van der Waals surface area contributed by atoms with Crippen LogP contribution >= 0.6 is 0 Å². The van der Waals surface area contributed by atoms with Crippen LogP contribution in [0.1, 0.15) is 18.4 Å². The summed E-state index contributed by atoms with van der Waals surface area (Å²) in [5.41, 5.74) is 1.07. The average molecular weight is 206 g/mol. The lowest BCUT2D eigenvalue weighted by molar-refractivity contribution is -0.142. The van der Waals surface area contributed by atoms with Crippen molar-refractivity contribution >= 4 is 5.97 Å². The monoisotopic (exact) mass is 206 g/mol. The van der Waals surface area contributed by atoms with Gasteiger partial charge >= 0.3 is 5.97 Å². The number of nitrogens with zero attached hydrogens (tertiary/aromatic N) is 2. The van der Waals surface area contributed by atoms with Gasteiger partial charge in [-0.15, -0.1) is 0 Å². The first kappa shape index (κ1) is 10.1. The molecule has 2 heterocycles. The first-order valence-electron chi connectivity index (χ1n) is 5.13. The third-order valence-electron chi connectivity index (χ3n) is 2.76. The maximum absolute atomic E-state index is 10.9. The fourth-order valence-electron chi connectivity index (χ4n) is 2.02. The normalized spacial score (nSPS) is 21.7. The number of hydrogen-bond donors (Lipinski definition) is 1. The fraction of sp³-hybridized carbons (Fsp3) is 0.455. The van der Waals surface area contributed by atoms with Gasteiger partial charge in [-0.05, 0) is 31.0 Å². The number of rotatable bonds is 3. The van der Waals surface area contributed by atoms with Crippen molar-refractivity contribution in [2.75, 3.05) is 6.54 Å². The van der Waals surface area contributed by atoms with Crippen molar-refractivity contribution in [1.82, 2.24) is 9.88 Å². The van der Waals surface area contributed by atoms with Gasteiger partial charge in [-0.2, -0.15) is 0 Å². The SMILES string of the molecule is O=C(O)[C@H]1CCCN1Cc1cccnc1. The van der Waals surface area contributed by atoms with Gasteiger partial charge in [-0.25, -0.2) is 0 Å². The number of carbonyl (C=O) groups is 1. The Balaban J connectivity index is 2.03. The summed E-state index contributed by atoms with van der Waals surface area (Å²) in [4.78, 5) is 17.0. The summed E-state index contributed by atoms with van der Waals surface area (Å²) in [6.45, 7) is 1.55. The minimum atomic E-state index is -0.712. The quantitative estimate of drug-likeness (QED) is 0.805. The molecule has 0 saturated carbocycles. The Bertz CT molecular complexity index is 340. The largest absolute Gasteiger partial charge is 0.480 e. The Kier molecular flexibility index (Phi) is 2.97. The van der Waals surface area contributed by atoms with Gasteiger partial charge in [-0.1, -0.05) is 6.07 Å². The van der Waals surface area contributed by atoms with Crippen molar-refractivity contribution in [3.05, 3.63) is 30.1 Å². The Morgan fingerprint density at radius 2 is 2.53 bits per heavy atom. The Morgan fingerprint density at radius 3 is 3.20 bits per heavy atom. The highest BCUT2D eigenvalue weighted by molar-refractivity contribution is 5.73. The second kappa shape index (κ2) is 4.40. The molecule has 1 N–H and O–H groups in total. The van der Waals surface area contributed by atoms with Gasteiger partial charge in [0, 0.05) is 18.9 Å². The summed E-state index contributed by atoms with van der Waals surface area (Å²) in [6.07, 6.45) is 5.24. The van der Waals surface area contributed by atoms with Crippen molar-refractivity contribution in [2.24, 2.45) is 0 Å². The Morgan fingerprint density at radius 1 is 1.67 bits per heavy atom. The Hall–Kier alpha value is -1.42. The third-order valence-corrected chi connectivity index (χ3v) is 2.76. The van der Waals surface area contributed by atoms with Gasteiger partial charge in [0.1, 0.15) is 6.04 Å². The van der Waals surface area contributed by atoms with Crippen LogP contribution in [0.15, 0.2) is 24.5 Å². The summed E-state index contributed by atoms with van der Waals surface area (Å²) in [5, 5.41) is 9.00. The number of pyridine rings is 1. The summed E-state index contributed by atoms with van der Waals surface area (Å²) >= 11 is 0. The molecule has 4 nitrogen and oxygen atoms in total. The lowest BCUT2D eigenvalue weighted by atomic mass is 10.2.